The molecule has 0 atom stereocenters. The molecule has 0 bridgehead atoms. The zero-order chi connectivity index (χ0) is 13.9. The minimum absolute atomic E-state index is 0.0341. The van der Waals surface area contributed by atoms with Crippen LogP contribution in [-0.2, 0) is 10.9 Å². The number of nitrogens with zero attached hydrogens (tertiary/aromatic N) is 2. The zero-order valence-corrected chi connectivity index (χ0v) is 10.7. The Morgan fingerprint density at radius 3 is 2.53 bits per heavy atom. The molecule has 1 aromatic rings. The molecule has 0 aromatic heterocycles. The average Bonchev–Trinajstić information content (AvgIpc) is 2.37. The predicted octanol–water partition coefficient (Wildman–Crippen LogP) is 3.02. The minimum atomic E-state index is -4.39. The number of morpholine rings is 1. The van der Waals surface area contributed by atoms with E-state index in [-0.39, 0.29) is 5.02 Å². The second-order valence-electron chi connectivity index (χ2n) is 4.04. The van der Waals surface area contributed by atoms with Crippen LogP contribution >= 0.6 is 11.6 Å². The van der Waals surface area contributed by atoms with Gasteiger partial charge in [-0.1, -0.05) is 17.7 Å². The van der Waals surface area contributed by atoms with E-state index >= 15 is 0 Å². The highest BCUT2D eigenvalue weighted by atomic mass is 35.5. The summed E-state index contributed by atoms with van der Waals surface area (Å²) < 4.78 is 42.5. The van der Waals surface area contributed by atoms with Gasteiger partial charge in [0.25, 0.3) is 0 Å². The topological polar surface area (TPSA) is 24.8 Å². The Morgan fingerprint density at radius 2 is 1.95 bits per heavy atom. The van der Waals surface area contributed by atoms with Crippen LogP contribution < -0.4 is 0 Å². The van der Waals surface area contributed by atoms with Crippen molar-refractivity contribution >= 4 is 17.8 Å². The number of rotatable bonds is 2. The lowest BCUT2D eigenvalue weighted by Gasteiger charge is -2.23. The fourth-order valence-electron chi connectivity index (χ4n) is 1.62. The summed E-state index contributed by atoms with van der Waals surface area (Å²) in [4.78, 5) is 0. The van der Waals surface area contributed by atoms with Gasteiger partial charge in [-0.15, -0.1) is 0 Å². The number of alkyl halides is 3. The normalized spacial score (nSPS) is 17.2. The molecule has 0 unspecified atom stereocenters. The van der Waals surface area contributed by atoms with Crippen molar-refractivity contribution in [2.45, 2.75) is 6.18 Å². The second kappa shape index (κ2) is 5.79. The molecule has 19 heavy (non-hydrogen) atoms. The summed E-state index contributed by atoms with van der Waals surface area (Å²) in [5, 5.41) is 5.99. The molecule has 1 saturated heterocycles. The van der Waals surface area contributed by atoms with E-state index in [1.165, 1.54) is 12.3 Å². The van der Waals surface area contributed by atoms with Crippen LogP contribution in [0.4, 0.5) is 13.2 Å². The van der Waals surface area contributed by atoms with Crippen molar-refractivity contribution in [2.24, 2.45) is 5.10 Å². The van der Waals surface area contributed by atoms with Crippen LogP contribution in [0.15, 0.2) is 23.3 Å². The molecule has 1 aliphatic rings. The summed E-state index contributed by atoms with van der Waals surface area (Å²) in [5.41, 5.74) is -0.304. The SMILES string of the molecule is FC(F)(F)c1ccc(/C=N/N2CCOCC2)c(Cl)c1. The van der Waals surface area contributed by atoms with Crippen LogP contribution in [0.25, 0.3) is 0 Å². The zero-order valence-electron chi connectivity index (χ0n) is 9.95. The van der Waals surface area contributed by atoms with E-state index in [0.717, 1.165) is 12.1 Å². The van der Waals surface area contributed by atoms with Gasteiger partial charge in [0.05, 0.1) is 43.1 Å². The standard InChI is InChI=1S/C12H12ClF3N2O/c13-11-7-10(12(14,15)16)2-1-9(11)8-17-18-3-5-19-6-4-18/h1-2,7-8H,3-6H2/b17-8+. The van der Waals surface area contributed by atoms with Crippen molar-refractivity contribution in [2.75, 3.05) is 26.3 Å². The Balaban J connectivity index is 2.10. The summed E-state index contributed by atoms with van der Waals surface area (Å²) in [7, 11) is 0. The molecule has 1 aromatic carbocycles. The van der Waals surface area contributed by atoms with Gasteiger partial charge in [-0.2, -0.15) is 18.3 Å². The van der Waals surface area contributed by atoms with E-state index in [4.69, 9.17) is 16.3 Å². The molecule has 1 heterocycles. The molecular formula is C12H12ClF3N2O. The smallest absolute Gasteiger partial charge is 0.378 e. The van der Waals surface area contributed by atoms with Crippen molar-refractivity contribution in [3.8, 4) is 0 Å². The van der Waals surface area contributed by atoms with Gasteiger partial charge < -0.3 is 4.74 Å². The van der Waals surface area contributed by atoms with Crippen LogP contribution in [0.5, 0.6) is 0 Å². The summed E-state index contributed by atoms with van der Waals surface area (Å²) >= 11 is 5.82. The van der Waals surface area contributed by atoms with Crippen molar-refractivity contribution in [1.29, 1.82) is 0 Å². The van der Waals surface area contributed by atoms with Gasteiger partial charge in [0, 0.05) is 5.56 Å². The average molecular weight is 293 g/mol. The number of benzene rings is 1. The van der Waals surface area contributed by atoms with Crippen molar-refractivity contribution < 1.29 is 17.9 Å². The quantitative estimate of drug-likeness (QED) is 0.783. The maximum Gasteiger partial charge on any atom is 0.416 e. The summed E-state index contributed by atoms with van der Waals surface area (Å²) in [6.45, 7) is 2.51. The highest BCUT2D eigenvalue weighted by molar-refractivity contribution is 6.33. The molecule has 0 saturated carbocycles. The van der Waals surface area contributed by atoms with Crippen LogP contribution in [0, 0.1) is 0 Å². The molecule has 3 nitrogen and oxygen atoms in total. The van der Waals surface area contributed by atoms with Gasteiger partial charge in [-0.3, -0.25) is 5.01 Å². The molecule has 2 rings (SSSR count). The third-order valence-corrected chi connectivity index (χ3v) is 3.00. The van der Waals surface area contributed by atoms with E-state index in [1.807, 2.05) is 0 Å². The molecule has 0 radical (unpaired) electrons. The van der Waals surface area contributed by atoms with E-state index in [0.29, 0.717) is 31.9 Å². The molecule has 1 fully saturated rings. The van der Waals surface area contributed by atoms with Crippen molar-refractivity contribution in [3.63, 3.8) is 0 Å². The number of hydrazone groups is 1. The second-order valence-corrected chi connectivity index (χ2v) is 4.45. The first-order chi connectivity index (χ1) is 8.97. The highest BCUT2D eigenvalue weighted by Gasteiger charge is 2.30. The summed E-state index contributed by atoms with van der Waals surface area (Å²) in [6.07, 6.45) is -2.92. The molecule has 0 spiro atoms. The monoisotopic (exact) mass is 292 g/mol. The Hall–Kier alpha value is -1.27. The maximum atomic E-state index is 12.5. The maximum absolute atomic E-state index is 12.5. The van der Waals surface area contributed by atoms with E-state index in [9.17, 15) is 13.2 Å². The van der Waals surface area contributed by atoms with Crippen LogP contribution in [0.2, 0.25) is 5.02 Å². The van der Waals surface area contributed by atoms with Crippen molar-refractivity contribution in [3.05, 3.63) is 34.3 Å². The molecular weight excluding hydrogens is 281 g/mol. The predicted molar refractivity (Wildman–Crippen MR) is 66.4 cm³/mol. The van der Waals surface area contributed by atoms with Gasteiger partial charge >= 0.3 is 6.18 Å². The molecule has 0 aliphatic carbocycles. The van der Waals surface area contributed by atoms with Gasteiger partial charge in [-0.25, -0.2) is 0 Å². The number of ether oxygens (including phenoxy) is 1. The van der Waals surface area contributed by atoms with Crippen LogP contribution in [-0.4, -0.2) is 37.5 Å². The largest absolute Gasteiger partial charge is 0.416 e. The fraction of sp³-hybridized carbons (Fsp3) is 0.417. The van der Waals surface area contributed by atoms with Gasteiger partial charge in [0.2, 0.25) is 0 Å². The number of hydrogen-bond acceptors (Lipinski definition) is 3. The molecule has 0 N–H and O–H groups in total. The van der Waals surface area contributed by atoms with Gasteiger partial charge in [0.15, 0.2) is 0 Å². The van der Waals surface area contributed by atoms with Gasteiger partial charge in [-0.05, 0) is 12.1 Å². The number of hydrogen-bond donors (Lipinski definition) is 0. The third-order valence-electron chi connectivity index (χ3n) is 2.68. The first-order valence-electron chi connectivity index (χ1n) is 5.70. The molecule has 7 heteroatoms. The van der Waals surface area contributed by atoms with Crippen LogP contribution in [0.1, 0.15) is 11.1 Å². The fourth-order valence-corrected chi connectivity index (χ4v) is 1.85. The van der Waals surface area contributed by atoms with Crippen molar-refractivity contribution in [1.82, 2.24) is 5.01 Å². The van der Waals surface area contributed by atoms with Gasteiger partial charge in [0.1, 0.15) is 0 Å². The third kappa shape index (κ3) is 3.84. The lowest BCUT2D eigenvalue weighted by Crippen LogP contribution is -2.32. The van der Waals surface area contributed by atoms with E-state index in [1.54, 1.807) is 5.01 Å². The lowest BCUT2D eigenvalue weighted by atomic mass is 10.1. The number of halogens is 4. The molecule has 1 aliphatic heterocycles. The Kier molecular flexibility index (Phi) is 4.31. The Morgan fingerprint density at radius 1 is 1.26 bits per heavy atom. The summed E-state index contributed by atoms with van der Waals surface area (Å²) in [6, 6.07) is 3.21. The first-order valence-corrected chi connectivity index (χ1v) is 6.08. The molecule has 0 amide bonds. The Labute approximate surface area is 113 Å². The first kappa shape index (κ1) is 14.1. The Bertz CT molecular complexity index is 471. The van der Waals surface area contributed by atoms with E-state index < -0.39 is 11.7 Å². The highest BCUT2D eigenvalue weighted by Crippen LogP contribution is 2.31. The molecule has 104 valence electrons. The minimum Gasteiger partial charge on any atom is -0.378 e. The van der Waals surface area contributed by atoms with E-state index in [2.05, 4.69) is 5.10 Å². The summed E-state index contributed by atoms with van der Waals surface area (Å²) in [5.74, 6) is 0. The lowest BCUT2D eigenvalue weighted by molar-refractivity contribution is -0.137. The van der Waals surface area contributed by atoms with Crippen LogP contribution in [0.3, 0.4) is 0 Å².